The van der Waals surface area contributed by atoms with Crippen LogP contribution in [0.1, 0.15) is 11.1 Å². The Hall–Kier alpha value is -2.75. The van der Waals surface area contributed by atoms with Crippen molar-refractivity contribution in [3.8, 4) is 22.9 Å². The SMILES string of the molecule is Fc1cc(C(F)(F)F)cc(Cl)c1Oc1cccc(C(F)(F)F)c1-c1ncc[nH]1. The summed E-state index contributed by atoms with van der Waals surface area (Å²) in [5, 5.41) is -0.755. The molecular weight excluding hydrogens is 417 g/mol. The van der Waals surface area contributed by atoms with E-state index in [9.17, 15) is 30.7 Å². The molecule has 0 atom stereocenters. The maximum Gasteiger partial charge on any atom is 0.417 e. The number of aromatic nitrogens is 2. The summed E-state index contributed by atoms with van der Waals surface area (Å²) < 4.78 is 97.7. The van der Waals surface area contributed by atoms with Crippen LogP contribution in [-0.4, -0.2) is 9.97 Å². The highest BCUT2D eigenvalue weighted by molar-refractivity contribution is 6.32. The zero-order valence-corrected chi connectivity index (χ0v) is 14.2. The number of rotatable bonds is 3. The molecule has 3 aromatic rings. The molecule has 3 rings (SSSR count). The monoisotopic (exact) mass is 424 g/mol. The number of hydrogen-bond donors (Lipinski definition) is 1. The second-order valence-electron chi connectivity index (χ2n) is 5.48. The summed E-state index contributed by atoms with van der Waals surface area (Å²) in [6.07, 6.45) is -7.21. The van der Waals surface area contributed by atoms with E-state index >= 15 is 0 Å². The molecule has 3 nitrogen and oxygen atoms in total. The number of ether oxygens (including phenoxy) is 1. The molecule has 0 aliphatic carbocycles. The maximum absolute atomic E-state index is 14.2. The lowest BCUT2D eigenvalue weighted by molar-refractivity contribution is -0.138. The molecule has 0 spiro atoms. The fraction of sp³-hybridized carbons (Fsp3) is 0.118. The molecule has 0 unspecified atom stereocenters. The first kappa shape index (κ1) is 20.0. The topological polar surface area (TPSA) is 37.9 Å². The van der Waals surface area contributed by atoms with Gasteiger partial charge in [0.25, 0.3) is 0 Å². The second-order valence-corrected chi connectivity index (χ2v) is 5.89. The van der Waals surface area contributed by atoms with E-state index in [-0.39, 0.29) is 11.9 Å². The predicted octanol–water partition coefficient (Wildman–Crippen LogP) is 6.70. The smallest absolute Gasteiger partial charge is 0.417 e. The number of benzene rings is 2. The minimum atomic E-state index is -4.86. The lowest BCUT2D eigenvalue weighted by atomic mass is 10.1. The Bertz CT molecular complexity index is 975. The summed E-state index contributed by atoms with van der Waals surface area (Å²) >= 11 is 5.69. The highest BCUT2D eigenvalue weighted by atomic mass is 35.5. The van der Waals surface area contributed by atoms with Gasteiger partial charge in [0, 0.05) is 12.4 Å². The number of H-pyrrole nitrogens is 1. The summed E-state index contributed by atoms with van der Waals surface area (Å²) in [7, 11) is 0. The van der Waals surface area contributed by atoms with E-state index < -0.39 is 51.4 Å². The van der Waals surface area contributed by atoms with E-state index in [0.717, 1.165) is 18.2 Å². The van der Waals surface area contributed by atoms with Crippen molar-refractivity contribution in [1.29, 1.82) is 0 Å². The number of aromatic amines is 1. The van der Waals surface area contributed by atoms with E-state index in [4.69, 9.17) is 16.3 Å². The Kier molecular flexibility index (Phi) is 5.00. The van der Waals surface area contributed by atoms with Gasteiger partial charge in [0.2, 0.25) is 0 Å². The number of halogens is 8. The Morgan fingerprint density at radius 1 is 1.00 bits per heavy atom. The fourth-order valence-corrected chi connectivity index (χ4v) is 2.68. The van der Waals surface area contributed by atoms with Crippen LogP contribution in [-0.2, 0) is 12.4 Å². The Morgan fingerprint density at radius 3 is 2.25 bits per heavy atom. The van der Waals surface area contributed by atoms with Gasteiger partial charge >= 0.3 is 12.4 Å². The van der Waals surface area contributed by atoms with Gasteiger partial charge in [-0.2, -0.15) is 26.3 Å². The van der Waals surface area contributed by atoms with Crippen molar-refractivity contribution in [2.75, 3.05) is 0 Å². The molecule has 0 saturated carbocycles. The summed E-state index contributed by atoms with van der Waals surface area (Å²) in [4.78, 5) is 6.23. The highest BCUT2D eigenvalue weighted by Crippen LogP contribution is 2.44. The van der Waals surface area contributed by atoms with Crippen LogP contribution in [0.4, 0.5) is 30.7 Å². The molecule has 1 heterocycles. The third-order valence-corrected chi connectivity index (χ3v) is 3.89. The minimum Gasteiger partial charge on any atom is -0.452 e. The predicted molar refractivity (Wildman–Crippen MR) is 85.5 cm³/mol. The van der Waals surface area contributed by atoms with Crippen LogP contribution in [0.3, 0.4) is 0 Å². The Morgan fingerprint density at radius 2 is 1.71 bits per heavy atom. The van der Waals surface area contributed by atoms with Gasteiger partial charge in [0.05, 0.1) is 21.7 Å². The largest absolute Gasteiger partial charge is 0.452 e. The first-order valence-electron chi connectivity index (χ1n) is 7.42. The molecule has 2 aromatic carbocycles. The molecule has 28 heavy (non-hydrogen) atoms. The maximum atomic E-state index is 14.2. The molecule has 0 saturated heterocycles. The third-order valence-electron chi connectivity index (χ3n) is 3.60. The van der Waals surface area contributed by atoms with Gasteiger partial charge in [-0.05, 0) is 24.3 Å². The normalized spacial score (nSPS) is 12.3. The lowest BCUT2D eigenvalue weighted by Gasteiger charge is -2.17. The van der Waals surface area contributed by atoms with E-state index in [2.05, 4.69) is 9.97 Å². The molecule has 1 N–H and O–H groups in total. The molecule has 0 radical (unpaired) electrons. The molecule has 1 aromatic heterocycles. The minimum absolute atomic E-state index is 0.140. The van der Waals surface area contributed by atoms with Gasteiger partial charge in [-0.1, -0.05) is 17.7 Å². The van der Waals surface area contributed by atoms with Gasteiger partial charge in [0.1, 0.15) is 11.6 Å². The zero-order chi connectivity index (χ0) is 20.7. The van der Waals surface area contributed by atoms with Crippen molar-refractivity contribution in [3.05, 3.63) is 64.7 Å². The van der Waals surface area contributed by atoms with Crippen molar-refractivity contribution >= 4 is 11.6 Å². The van der Waals surface area contributed by atoms with Crippen LogP contribution in [0.25, 0.3) is 11.4 Å². The number of hydrogen-bond acceptors (Lipinski definition) is 2. The molecule has 0 aliphatic rings. The van der Waals surface area contributed by atoms with Gasteiger partial charge in [-0.25, -0.2) is 9.37 Å². The number of nitrogens with one attached hydrogen (secondary N) is 1. The highest BCUT2D eigenvalue weighted by Gasteiger charge is 2.37. The first-order chi connectivity index (χ1) is 13.0. The van der Waals surface area contributed by atoms with Gasteiger partial charge in [-0.3, -0.25) is 0 Å². The summed E-state index contributed by atoms with van der Waals surface area (Å²) in [5.74, 6) is -3.05. The van der Waals surface area contributed by atoms with Crippen molar-refractivity contribution < 1.29 is 35.5 Å². The quantitative estimate of drug-likeness (QED) is 0.475. The van der Waals surface area contributed by atoms with Crippen LogP contribution < -0.4 is 4.74 Å². The number of imidazole rings is 1. The van der Waals surface area contributed by atoms with Gasteiger partial charge < -0.3 is 9.72 Å². The van der Waals surface area contributed by atoms with E-state index in [1.54, 1.807) is 0 Å². The van der Waals surface area contributed by atoms with Crippen LogP contribution >= 0.6 is 11.6 Å². The van der Waals surface area contributed by atoms with E-state index in [1.807, 2.05) is 0 Å². The third kappa shape index (κ3) is 3.91. The fourth-order valence-electron chi connectivity index (χ4n) is 2.43. The zero-order valence-electron chi connectivity index (χ0n) is 13.4. The molecular formula is C17H8ClF7N2O. The lowest BCUT2D eigenvalue weighted by Crippen LogP contribution is -2.09. The number of alkyl halides is 6. The number of nitrogens with zero attached hydrogens (tertiary/aromatic N) is 1. The van der Waals surface area contributed by atoms with Crippen LogP contribution in [0, 0.1) is 5.82 Å². The Balaban J connectivity index is 2.14. The molecule has 0 amide bonds. The summed E-state index contributed by atoms with van der Waals surface area (Å²) in [5.41, 5.74) is -3.04. The summed E-state index contributed by atoms with van der Waals surface area (Å²) in [6, 6.07) is 3.40. The standard InChI is InChI=1S/C17H8ClF7N2O/c18-10-6-8(16(20,21)22)7-11(19)14(10)28-12-3-1-2-9(17(23,24)25)13(12)15-26-4-5-27-15/h1-7H,(H,26,27). The van der Waals surface area contributed by atoms with E-state index in [0.29, 0.717) is 6.07 Å². The van der Waals surface area contributed by atoms with Gasteiger partial charge in [-0.15, -0.1) is 0 Å². The first-order valence-corrected chi connectivity index (χ1v) is 7.80. The van der Waals surface area contributed by atoms with Crippen molar-refractivity contribution in [2.45, 2.75) is 12.4 Å². The summed E-state index contributed by atoms with van der Waals surface area (Å²) in [6.45, 7) is 0. The average Bonchev–Trinajstić information content (AvgIpc) is 3.10. The van der Waals surface area contributed by atoms with Crippen molar-refractivity contribution in [1.82, 2.24) is 9.97 Å². The van der Waals surface area contributed by atoms with Gasteiger partial charge in [0.15, 0.2) is 11.6 Å². The second kappa shape index (κ2) is 7.01. The van der Waals surface area contributed by atoms with Crippen molar-refractivity contribution in [2.24, 2.45) is 0 Å². The van der Waals surface area contributed by atoms with E-state index in [1.165, 1.54) is 12.4 Å². The van der Waals surface area contributed by atoms with Crippen LogP contribution in [0.15, 0.2) is 42.7 Å². The molecule has 0 aliphatic heterocycles. The molecule has 0 fully saturated rings. The van der Waals surface area contributed by atoms with Crippen molar-refractivity contribution in [3.63, 3.8) is 0 Å². The molecule has 11 heteroatoms. The molecule has 148 valence electrons. The molecule has 0 bridgehead atoms. The Labute approximate surface area is 157 Å². The average molecular weight is 425 g/mol. The van der Waals surface area contributed by atoms with Crippen LogP contribution in [0.5, 0.6) is 11.5 Å². The van der Waals surface area contributed by atoms with Crippen LogP contribution in [0.2, 0.25) is 5.02 Å².